The maximum atomic E-state index is 12.3. The van der Waals surface area contributed by atoms with E-state index in [1.807, 2.05) is 32.0 Å². The van der Waals surface area contributed by atoms with Crippen molar-refractivity contribution in [2.24, 2.45) is 0 Å². The number of hydrogen-bond acceptors (Lipinski definition) is 3. The molecule has 0 unspecified atom stereocenters. The summed E-state index contributed by atoms with van der Waals surface area (Å²) in [5, 5.41) is 16.3. The summed E-state index contributed by atoms with van der Waals surface area (Å²) < 4.78 is 6.26. The second-order valence-electron chi connectivity index (χ2n) is 7.74. The van der Waals surface area contributed by atoms with Gasteiger partial charge in [0, 0.05) is 35.9 Å². The molecule has 0 bridgehead atoms. The Morgan fingerprint density at radius 1 is 1.19 bits per heavy atom. The van der Waals surface area contributed by atoms with E-state index in [1.165, 1.54) is 6.07 Å². The molecule has 2 aliphatic rings. The van der Waals surface area contributed by atoms with Gasteiger partial charge in [-0.15, -0.1) is 0 Å². The van der Waals surface area contributed by atoms with Crippen LogP contribution in [-0.2, 0) is 0 Å². The quantitative estimate of drug-likeness (QED) is 0.704. The summed E-state index contributed by atoms with van der Waals surface area (Å²) in [4.78, 5) is 12.3. The topological polar surface area (TPSA) is 70.6 Å². The lowest BCUT2D eigenvalue weighted by Crippen LogP contribution is -2.69. The molecule has 26 heavy (non-hydrogen) atoms. The molecule has 1 saturated heterocycles. The van der Waals surface area contributed by atoms with E-state index < -0.39 is 11.3 Å². The number of aromatic hydroxyl groups is 1. The van der Waals surface area contributed by atoms with Crippen LogP contribution in [0.5, 0.6) is 11.5 Å². The van der Waals surface area contributed by atoms with Crippen molar-refractivity contribution in [3.63, 3.8) is 0 Å². The third-order valence-corrected chi connectivity index (χ3v) is 5.32. The Bertz CT molecular complexity index is 869. The highest BCUT2D eigenvalue weighted by Crippen LogP contribution is 2.49. The molecule has 5 nitrogen and oxygen atoms in total. The Labute approximate surface area is 157 Å². The molecule has 2 amide bonds. The number of benzene rings is 2. The van der Waals surface area contributed by atoms with Crippen LogP contribution in [0.15, 0.2) is 42.5 Å². The Hall–Kier alpha value is -2.40. The molecule has 2 aromatic carbocycles. The minimum absolute atomic E-state index is 0.00718. The molecule has 2 aliphatic heterocycles. The van der Waals surface area contributed by atoms with Crippen molar-refractivity contribution in [3.05, 3.63) is 58.6 Å². The van der Waals surface area contributed by atoms with Crippen molar-refractivity contribution in [2.75, 3.05) is 0 Å². The maximum absolute atomic E-state index is 12.3. The number of rotatable bonds is 1. The summed E-state index contributed by atoms with van der Waals surface area (Å²) in [6.07, 6.45) is 1.18. The van der Waals surface area contributed by atoms with E-state index >= 15 is 0 Å². The number of nitrogens with one attached hydrogen (secondary N) is 2. The Morgan fingerprint density at radius 2 is 1.92 bits per heavy atom. The van der Waals surface area contributed by atoms with Gasteiger partial charge in [0.1, 0.15) is 11.5 Å². The number of fused-ring (bicyclic) bond motifs is 1. The van der Waals surface area contributed by atoms with Gasteiger partial charge in [0.15, 0.2) is 5.72 Å². The predicted octanol–water partition coefficient (Wildman–Crippen LogP) is 4.14. The molecule has 0 saturated carbocycles. The van der Waals surface area contributed by atoms with Crippen molar-refractivity contribution in [1.29, 1.82) is 0 Å². The lowest BCUT2D eigenvalue weighted by Gasteiger charge is -2.49. The van der Waals surface area contributed by atoms with Crippen LogP contribution in [-0.4, -0.2) is 22.4 Å². The first kappa shape index (κ1) is 17.0. The smallest absolute Gasteiger partial charge is 0.318 e. The first-order chi connectivity index (χ1) is 12.3. The zero-order valence-corrected chi connectivity index (χ0v) is 15.4. The van der Waals surface area contributed by atoms with E-state index in [0.29, 0.717) is 23.6 Å². The SMILES string of the molecule is CC1(C)C[C@@]2(C[C@H](c3ccccc3)c3cc(Cl)c(O)cc3O2)NC(=O)N1. The number of ether oxygens (including phenoxy) is 1. The van der Waals surface area contributed by atoms with Gasteiger partial charge in [0.05, 0.1) is 5.02 Å². The number of hydrogen-bond donors (Lipinski definition) is 3. The van der Waals surface area contributed by atoms with Crippen LogP contribution < -0.4 is 15.4 Å². The molecule has 136 valence electrons. The highest BCUT2D eigenvalue weighted by molar-refractivity contribution is 6.32. The van der Waals surface area contributed by atoms with Crippen LogP contribution in [0.2, 0.25) is 5.02 Å². The van der Waals surface area contributed by atoms with Crippen molar-refractivity contribution in [1.82, 2.24) is 10.6 Å². The Balaban J connectivity index is 1.84. The van der Waals surface area contributed by atoms with E-state index in [1.54, 1.807) is 6.07 Å². The average molecular weight is 373 g/mol. The van der Waals surface area contributed by atoms with Crippen molar-refractivity contribution >= 4 is 17.6 Å². The molecule has 2 heterocycles. The summed E-state index contributed by atoms with van der Waals surface area (Å²) in [6, 6.07) is 13.1. The van der Waals surface area contributed by atoms with Gasteiger partial charge >= 0.3 is 6.03 Å². The molecule has 2 atom stereocenters. The summed E-state index contributed by atoms with van der Waals surface area (Å²) in [7, 11) is 0. The van der Waals surface area contributed by atoms with E-state index in [9.17, 15) is 9.90 Å². The van der Waals surface area contributed by atoms with Gasteiger partial charge in [-0.2, -0.15) is 0 Å². The van der Waals surface area contributed by atoms with Crippen LogP contribution in [0.25, 0.3) is 0 Å². The molecule has 1 fully saturated rings. The zero-order chi connectivity index (χ0) is 18.5. The largest absolute Gasteiger partial charge is 0.506 e. The minimum atomic E-state index is -0.848. The molecule has 0 aliphatic carbocycles. The molecule has 6 heteroatoms. The van der Waals surface area contributed by atoms with Crippen LogP contribution in [0.4, 0.5) is 4.79 Å². The third-order valence-electron chi connectivity index (χ3n) is 5.02. The molecule has 0 aromatic heterocycles. The van der Waals surface area contributed by atoms with Crippen LogP contribution in [0, 0.1) is 0 Å². The first-order valence-corrected chi connectivity index (χ1v) is 9.01. The van der Waals surface area contributed by atoms with Gasteiger partial charge in [-0.3, -0.25) is 0 Å². The number of carbonyl (C=O) groups is 1. The normalized spacial score (nSPS) is 26.4. The fourth-order valence-corrected chi connectivity index (χ4v) is 4.30. The average Bonchev–Trinajstić information content (AvgIpc) is 2.54. The highest BCUT2D eigenvalue weighted by Gasteiger charge is 2.49. The van der Waals surface area contributed by atoms with Crippen molar-refractivity contribution in [3.8, 4) is 11.5 Å². The van der Waals surface area contributed by atoms with Gasteiger partial charge < -0.3 is 20.5 Å². The number of phenolic OH excluding ortho intramolecular Hbond substituents is 1. The van der Waals surface area contributed by atoms with Crippen molar-refractivity contribution in [2.45, 2.75) is 43.9 Å². The van der Waals surface area contributed by atoms with E-state index in [0.717, 1.165) is 11.1 Å². The number of phenols is 1. The second kappa shape index (κ2) is 5.81. The number of carbonyl (C=O) groups excluding carboxylic acids is 1. The Kier molecular flexibility index (Phi) is 3.81. The maximum Gasteiger partial charge on any atom is 0.318 e. The van der Waals surface area contributed by atoms with E-state index in [2.05, 4.69) is 22.8 Å². The van der Waals surface area contributed by atoms with Gasteiger partial charge in [-0.1, -0.05) is 41.9 Å². The van der Waals surface area contributed by atoms with Crippen LogP contribution >= 0.6 is 11.6 Å². The van der Waals surface area contributed by atoms with Crippen molar-refractivity contribution < 1.29 is 14.6 Å². The van der Waals surface area contributed by atoms with Gasteiger partial charge in [-0.05, 0) is 25.5 Å². The van der Waals surface area contributed by atoms with Gasteiger partial charge in [0.25, 0.3) is 0 Å². The molecule has 1 spiro atoms. The predicted molar refractivity (Wildman–Crippen MR) is 99.7 cm³/mol. The standard InChI is InChI=1S/C20H21ClN2O3/c1-19(2)11-20(23-18(25)22-19)10-14(12-6-4-3-5-7-12)13-8-15(21)16(24)9-17(13)26-20/h3-9,14,24H,10-11H2,1-2H3,(H2,22,23,25)/t14-,20+/m1/s1. The zero-order valence-electron chi connectivity index (χ0n) is 14.7. The fourth-order valence-electron chi connectivity index (χ4n) is 4.13. The fraction of sp³-hybridized carbons (Fsp3) is 0.350. The molecule has 2 aromatic rings. The molecule has 3 N–H and O–H groups in total. The lowest BCUT2D eigenvalue weighted by molar-refractivity contribution is -0.0236. The second-order valence-corrected chi connectivity index (χ2v) is 8.15. The van der Waals surface area contributed by atoms with Crippen LogP contribution in [0.3, 0.4) is 0 Å². The van der Waals surface area contributed by atoms with E-state index in [4.69, 9.17) is 16.3 Å². The number of amides is 2. The van der Waals surface area contributed by atoms with Crippen LogP contribution in [0.1, 0.15) is 43.7 Å². The van der Waals surface area contributed by atoms with Gasteiger partial charge in [-0.25, -0.2) is 4.79 Å². The summed E-state index contributed by atoms with van der Waals surface area (Å²) in [5.41, 5.74) is 0.772. The third kappa shape index (κ3) is 2.97. The molecular formula is C20H21ClN2O3. The number of urea groups is 1. The monoisotopic (exact) mass is 372 g/mol. The molecule has 4 rings (SSSR count). The summed E-state index contributed by atoms with van der Waals surface area (Å²) in [6.45, 7) is 3.95. The first-order valence-electron chi connectivity index (χ1n) is 8.64. The summed E-state index contributed by atoms with van der Waals surface area (Å²) >= 11 is 6.16. The van der Waals surface area contributed by atoms with Gasteiger partial charge in [0.2, 0.25) is 0 Å². The number of halogens is 1. The van der Waals surface area contributed by atoms with E-state index in [-0.39, 0.29) is 17.7 Å². The molecule has 0 radical (unpaired) electrons. The Morgan fingerprint density at radius 3 is 2.62 bits per heavy atom. The summed E-state index contributed by atoms with van der Waals surface area (Å²) in [5.74, 6) is 0.506. The molecular weight excluding hydrogens is 352 g/mol. The minimum Gasteiger partial charge on any atom is -0.506 e. The highest BCUT2D eigenvalue weighted by atomic mass is 35.5. The lowest BCUT2D eigenvalue weighted by atomic mass is 9.77.